The number of phenolic OH excluding ortho intramolecular Hbond substituents is 1. The lowest BCUT2D eigenvalue weighted by atomic mass is 10.0. The summed E-state index contributed by atoms with van der Waals surface area (Å²) < 4.78 is 0. The van der Waals surface area contributed by atoms with E-state index in [4.69, 9.17) is 5.26 Å². The third kappa shape index (κ3) is 3.37. The number of aromatic hydroxyl groups is 1. The summed E-state index contributed by atoms with van der Waals surface area (Å²) in [5.74, 6) is 0.316. The lowest BCUT2D eigenvalue weighted by Crippen LogP contribution is -2.18. The summed E-state index contributed by atoms with van der Waals surface area (Å²) >= 11 is 0. The zero-order chi connectivity index (χ0) is 14.5. The van der Waals surface area contributed by atoms with Gasteiger partial charge in [-0.05, 0) is 43.2 Å². The van der Waals surface area contributed by atoms with Crippen molar-refractivity contribution < 1.29 is 5.11 Å². The van der Waals surface area contributed by atoms with Gasteiger partial charge < -0.3 is 10.4 Å². The first kappa shape index (κ1) is 14.1. The standard InChI is InChI=1S/C17H18N2O/c1-12-6-7-16(17(20)8-12)13(2)19-11-15-5-3-4-14(9-15)10-18/h3-9,13,19-20H,11H2,1-2H3. The predicted molar refractivity (Wildman–Crippen MR) is 79.3 cm³/mol. The van der Waals surface area contributed by atoms with Crippen molar-refractivity contribution in [3.63, 3.8) is 0 Å². The molecule has 0 saturated carbocycles. The van der Waals surface area contributed by atoms with Crippen LogP contribution in [-0.4, -0.2) is 5.11 Å². The topological polar surface area (TPSA) is 56.0 Å². The molecule has 0 aliphatic rings. The Hall–Kier alpha value is -2.31. The van der Waals surface area contributed by atoms with Crippen molar-refractivity contribution in [3.05, 3.63) is 64.7 Å². The van der Waals surface area contributed by atoms with E-state index >= 15 is 0 Å². The van der Waals surface area contributed by atoms with Crippen molar-refractivity contribution in [1.82, 2.24) is 5.32 Å². The first-order chi connectivity index (χ1) is 9.60. The van der Waals surface area contributed by atoms with Gasteiger partial charge in [0.05, 0.1) is 11.6 Å². The predicted octanol–water partition coefficient (Wildman–Crippen LogP) is 3.42. The number of nitrogens with zero attached hydrogens (tertiary/aromatic N) is 1. The number of phenols is 1. The van der Waals surface area contributed by atoms with Crippen molar-refractivity contribution >= 4 is 0 Å². The molecule has 2 rings (SSSR count). The highest BCUT2D eigenvalue weighted by atomic mass is 16.3. The molecule has 3 nitrogen and oxygen atoms in total. The van der Waals surface area contributed by atoms with E-state index in [1.165, 1.54) is 0 Å². The minimum atomic E-state index is 0.0429. The maximum atomic E-state index is 9.96. The summed E-state index contributed by atoms with van der Waals surface area (Å²) in [6, 6.07) is 15.4. The highest BCUT2D eigenvalue weighted by molar-refractivity contribution is 5.38. The molecule has 1 atom stereocenters. The number of rotatable bonds is 4. The van der Waals surface area contributed by atoms with Crippen LogP contribution in [0.15, 0.2) is 42.5 Å². The second-order valence-corrected chi connectivity index (χ2v) is 4.98. The van der Waals surface area contributed by atoms with Gasteiger partial charge in [-0.15, -0.1) is 0 Å². The largest absolute Gasteiger partial charge is 0.508 e. The Kier molecular flexibility index (Phi) is 4.39. The maximum Gasteiger partial charge on any atom is 0.120 e. The Morgan fingerprint density at radius 3 is 2.75 bits per heavy atom. The van der Waals surface area contributed by atoms with Gasteiger partial charge in [-0.1, -0.05) is 24.3 Å². The van der Waals surface area contributed by atoms with Crippen molar-refractivity contribution in [1.29, 1.82) is 5.26 Å². The molecule has 2 N–H and O–H groups in total. The molecule has 0 saturated heterocycles. The molecular weight excluding hydrogens is 248 g/mol. The highest BCUT2D eigenvalue weighted by Gasteiger charge is 2.09. The van der Waals surface area contributed by atoms with Crippen molar-refractivity contribution in [2.75, 3.05) is 0 Å². The molecule has 2 aromatic carbocycles. The van der Waals surface area contributed by atoms with Gasteiger partial charge >= 0.3 is 0 Å². The molecule has 0 fully saturated rings. The molecule has 0 spiro atoms. The zero-order valence-corrected chi connectivity index (χ0v) is 11.7. The van der Waals surface area contributed by atoms with E-state index in [0.717, 1.165) is 16.7 Å². The van der Waals surface area contributed by atoms with Gasteiger partial charge in [0.25, 0.3) is 0 Å². The third-order valence-electron chi connectivity index (χ3n) is 3.32. The molecule has 0 aliphatic heterocycles. The Morgan fingerprint density at radius 2 is 2.05 bits per heavy atom. The molecule has 20 heavy (non-hydrogen) atoms. The molecule has 2 aromatic rings. The maximum absolute atomic E-state index is 9.96. The first-order valence-corrected chi connectivity index (χ1v) is 6.62. The molecule has 0 aliphatic carbocycles. The molecular formula is C17H18N2O. The van der Waals surface area contributed by atoms with E-state index in [9.17, 15) is 5.11 Å². The molecule has 102 valence electrons. The van der Waals surface area contributed by atoms with E-state index < -0.39 is 0 Å². The smallest absolute Gasteiger partial charge is 0.120 e. The average Bonchev–Trinajstić information content (AvgIpc) is 2.45. The second-order valence-electron chi connectivity index (χ2n) is 4.98. The monoisotopic (exact) mass is 266 g/mol. The lowest BCUT2D eigenvalue weighted by molar-refractivity contribution is 0.452. The van der Waals surface area contributed by atoms with E-state index in [1.54, 1.807) is 12.1 Å². The summed E-state index contributed by atoms with van der Waals surface area (Å²) in [5.41, 5.74) is 3.64. The van der Waals surface area contributed by atoms with E-state index in [0.29, 0.717) is 17.9 Å². The molecule has 3 heteroatoms. The number of nitrogens with one attached hydrogen (secondary N) is 1. The number of aryl methyl sites for hydroxylation is 1. The first-order valence-electron chi connectivity index (χ1n) is 6.62. The van der Waals surface area contributed by atoms with Gasteiger partial charge in [0.2, 0.25) is 0 Å². The third-order valence-corrected chi connectivity index (χ3v) is 3.32. The molecule has 0 aromatic heterocycles. The van der Waals surface area contributed by atoms with Gasteiger partial charge in [0.15, 0.2) is 0 Å². The van der Waals surface area contributed by atoms with Crippen LogP contribution >= 0.6 is 0 Å². The Morgan fingerprint density at radius 1 is 1.25 bits per heavy atom. The van der Waals surface area contributed by atoms with Crippen LogP contribution in [0.2, 0.25) is 0 Å². The van der Waals surface area contributed by atoms with E-state index in [2.05, 4.69) is 11.4 Å². The van der Waals surface area contributed by atoms with Gasteiger partial charge in [0.1, 0.15) is 5.75 Å². The van der Waals surface area contributed by atoms with Gasteiger partial charge in [0, 0.05) is 18.2 Å². The fourth-order valence-corrected chi connectivity index (χ4v) is 2.15. The van der Waals surface area contributed by atoms with Crippen LogP contribution in [0.4, 0.5) is 0 Å². The minimum absolute atomic E-state index is 0.0429. The minimum Gasteiger partial charge on any atom is -0.508 e. The van der Waals surface area contributed by atoms with Gasteiger partial charge in [-0.2, -0.15) is 5.26 Å². The molecule has 0 heterocycles. The summed E-state index contributed by atoms with van der Waals surface area (Å²) in [7, 11) is 0. The van der Waals surface area contributed by atoms with Crippen molar-refractivity contribution in [2.45, 2.75) is 26.4 Å². The van der Waals surface area contributed by atoms with Gasteiger partial charge in [-0.3, -0.25) is 0 Å². The van der Waals surface area contributed by atoms with Crippen LogP contribution < -0.4 is 5.32 Å². The van der Waals surface area contributed by atoms with Crippen molar-refractivity contribution in [2.24, 2.45) is 0 Å². The van der Waals surface area contributed by atoms with Crippen LogP contribution in [0.1, 0.15) is 35.2 Å². The zero-order valence-electron chi connectivity index (χ0n) is 11.7. The fraction of sp³-hybridized carbons (Fsp3) is 0.235. The number of hydrogen-bond acceptors (Lipinski definition) is 3. The lowest BCUT2D eigenvalue weighted by Gasteiger charge is -2.16. The highest BCUT2D eigenvalue weighted by Crippen LogP contribution is 2.25. The Labute approximate surface area is 119 Å². The average molecular weight is 266 g/mol. The molecule has 1 unspecified atom stereocenters. The number of hydrogen-bond donors (Lipinski definition) is 2. The quantitative estimate of drug-likeness (QED) is 0.891. The van der Waals surface area contributed by atoms with Crippen molar-refractivity contribution in [3.8, 4) is 11.8 Å². The normalized spacial score (nSPS) is 11.8. The van der Waals surface area contributed by atoms with Crippen LogP contribution in [-0.2, 0) is 6.54 Å². The Balaban J connectivity index is 2.04. The Bertz CT molecular complexity index is 644. The fourth-order valence-electron chi connectivity index (χ4n) is 2.15. The number of benzene rings is 2. The summed E-state index contributed by atoms with van der Waals surface area (Å²) in [4.78, 5) is 0. The van der Waals surface area contributed by atoms with E-state index in [-0.39, 0.29) is 6.04 Å². The molecule has 0 amide bonds. The summed E-state index contributed by atoms with van der Waals surface area (Å²) in [6.45, 7) is 4.62. The van der Waals surface area contributed by atoms with Crippen LogP contribution in [0.25, 0.3) is 0 Å². The summed E-state index contributed by atoms with van der Waals surface area (Å²) in [5, 5.41) is 22.2. The summed E-state index contributed by atoms with van der Waals surface area (Å²) in [6.07, 6.45) is 0. The van der Waals surface area contributed by atoms with Crippen LogP contribution in [0.3, 0.4) is 0 Å². The number of nitriles is 1. The second kappa shape index (κ2) is 6.23. The SMILES string of the molecule is Cc1ccc(C(C)NCc2cccc(C#N)c2)c(O)c1. The van der Waals surface area contributed by atoms with Crippen LogP contribution in [0.5, 0.6) is 5.75 Å². The molecule has 0 radical (unpaired) electrons. The van der Waals surface area contributed by atoms with E-state index in [1.807, 2.05) is 44.2 Å². The molecule has 0 bridgehead atoms. The van der Waals surface area contributed by atoms with Gasteiger partial charge in [-0.25, -0.2) is 0 Å². The van der Waals surface area contributed by atoms with Crippen LogP contribution in [0, 0.1) is 18.3 Å².